The molecule has 1 amide bonds. The van der Waals surface area contributed by atoms with Crippen molar-refractivity contribution in [3.05, 3.63) is 88.3 Å². The lowest BCUT2D eigenvalue weighted by Gasteiger charge is -2.26. The summed E-state index contributed by atoms with van der Waals surface area (Å²) in [6.07, 6.45) is 6.59. The Kier molecular flexibility index (Phi) is 10.7. The highest BCUT2D eigenvalue weighted by molar-refractivity contribution is 7.87. The number of nitrogens with one attached hydrogen (secondary N) is 1. The lowest BCUT2D eigenvalue weighted by Crippen LogP contribution is -2.45. The van der Waals surface area contributed by atoms with Crippen molar-refractivity contribution in [1.29, 1.82) is 0 Å². The van der Waals surface area contributed by atoms with E-state index in [0.717, 1.165) is 32.4 Å². The van der Waals surface area contributed by atoms with Gasteiger partial charge in [-0.1, -0.05) is 29.6 Å². The minimum Gasteiger partial charge on any atom is -0.379 e. The Morgan fingerprint density at radius 3 is 2.25 bits per heavy atom. The first kappa shape index (κ1) is 33.4. The number of hydrogen-bond donors (Lipinski definition) is 2. The van der Waals surface area contributed by atoms with Crippen LogP contribution in [0.15, 0.2) is 71.9 Å². The summed E-state index contributed by atoms with van der Waals surface area (Å²) in [5.41, 5.74) is 5.68. The molecular formula is C28H29Cl2N5O7S2. The van der Waals surface area contributed by atoms with Crippen molar-refractivity contribution in [1.82, 2.24) is 25.2 Å². The van der Waals surface area contributed by atoms with E-state index in [1.165, 1.54) is 36.7 Å². The molecule has 1 fully saturated rings. The van der Waals surface area contributed by atoms with Crippen molar-refractivity contribution in [3.63, 3.8) is 0 Å². The Balaban J connectivity index is 0.000000818. The third-order valence-corrected chi connectivity index (χ3v) is 8.12. The topological polar surface area (TPSA) is 161 Å². The van der Waals surface area contributed by atoms with E-state index in [9.17, 15) is 21.6 Å². The zero-order valence-electron chi connectivity index (χ0n) is 23.6. The molecule has 16 heteroatoms. The number of hydrazine groups is 1. The highest BCUT2D eigenvalue weighted by Crippen LogP contribution is 2.34. The second-order valence-electron chi connectivity index (χ2n) is 9.80. The summed E-state index contributed by atoms with van der Waals surface area (Å²) >= 11 is 12.7. The Hall–Kier alpha value is -3.53. The fraction of sp³-hybridized carbons (Fsp3) is 0.250. The molecule has 0 unspecified atom stereocenters. The number of piperidine rings is 1. The van der Waals surface area contributed by atoms with Gasteiger partial charge in [0.15, 0.2) is 5.69 Å². The molecule has 12 nitrogen and oxygen atoms in total. The molecule has 1 aliphatic heterocycles. The number of pyridine rings is 1. The predicted molar refractivity (Wildman–Crippen MR) is 166 cm³/mol. The van der Waals surface area contributed by atoms with Gasteiger partial charge in [-0.05, 0) is 74.4 Å². The summed E-state index contributed by atoms with van der Waals surface area (Å²) in [6, 6.07) is 14.4. The Labute approximate surface area is 265 Å². The fourth-order valence-electron chi connectivity index (χ4n) is 4.42. The number of amides is 1. The molecule has 3 heterocycles. The van der Waals surface area contributed by atoms with Gasteiger partial charge in [-0.2, -0.15) is 21.9 Å². The fourth-order valence-corrected chi connectivity index (χ4v) is 5.80. The van der Waals surface area contributed by atoms with Crippen LogP contribution in [-0.2, 0) is 20.2 Å². The molecule has 2 N–H and O–H groups in total. The van der Waals surface area contributed by atoms with Gasteiger partial charge >= 0.3 is 10.1 Å². The monoisotopic (exact) mass is 681 g/mol. The maximum absolute atomic E-state index is 13.3. The number of rotatable bonds is 7. The normalized spacial score (nSPS) is 13.9. The third-order valence-electron chi connectivity index (χ3n) is 6.35. The summed E-state index contributed by atoms with van der Waals surface area (Å²) < 4.78 is 58.0. The number of carbonyl (C=O) groups is 1. The summed E-state index contributed by atoms with van der Waals surface area (Å²) in [5.74, 6) is -0.194. The molecule has 0 aliphatic carbocycles. The molecule has 0 bridgehead atoms. The van der Waals surface area contributed by atoms with Crippen LogP contribution < -0.4 is 9.61 Å². The van der Waals surface area contributed by atoms with Crippen LogP contribution in [0.3, 0.4) is 0 Å². The van der Waals surface area contributed by atoms with Crippen molar-refractivity contribution >= 4 is 49.3 Å². The highest BCUT2D eigenvalue weighted by atomic mass is 35.5. The number of aromatic nitrogens is 3. The van der Waals surface area contributed by atoms with E-state index >= 15 is 0 Å². The smallest absolute Gasteiger partial charge is 0.340 e. The summed E-state index contributed by atoms with van der Waals surface area (Å²) in [5, 5.41) is 7.39. The SMILES string of the molecule is CS(=O)(=O)O.Cc1c(C(=O)NN2CCCCC2)nn(-c2ccc(Cl)cc2Cl)c1-c1ccc(OS(=O)(=O)c2cccnc2)cc1. The van der Waals surface area contributed by atoms with Crippen molar-refractivity contribution in [2.45, 2.75) is 31.1 Å². The summed E-state index contributed by atoms with van der Waals surface area (Å²) in [7, 11) is -7.72. The van der Waals surface area contributed by atoms with E-state index in [4.69, 9.17) is 31.9 Å². The van der Waals surface area contributed by atoms with E-state index in [0.29, 0.717) is 38.8 Å². The second-order valence-corrected chi connectivity index (χ2v) is 13.7. The van der Waals surface area contributed by atoms with E-state index in [-0.39, 0.29) is 22.2 Å². The molecule has 234 valence electrons. The Morgan fingerprint density at radius 1 is 1.00 bits per heavy atom. The lowest BCUT2D eigenvalue weighted by atomic mass is 10.1. The van der Waals surface area contributed by atoms with E-state index in [2.05, 4.69) is 15.5 Å². The minimum atomic E-state index is -4.05. The van der Waals surface area contributed by atoms with Crippen molar-refractivity contribution in [2.75, 3.05) is 19.3 Å². The molecular weight excluding hydrogens is 653 g/mol. The van der Waals surface area contributed by atoms with E-state index in [1.807, 2.05) is 11.9 Å². The van der Waals surface area contributed by atoms with E-state index < -0.39 is 20.2 Å². The zero-order valence-corrected chi connectivity index (χ0v) is 26.8. The number of hydrogen-bond acceptors (Lipinski definition) is 9. The van der Waals surface area contributed by atoms with Crippen LogP contribution in [0.1, 0.15) is 35.3 Å². The molecule has 0 spiro atoms. The number of nitrogens with zero attached hydrogens (tertiary/aromatic N) is 4. The molecule has 0 radical (unpaired) electrons. The molecule has 0 atom stereocenters. The molecule has 1 saturated heterocycles. The Morgan fingerprint density at radius 2 is 1.66 bits per heavy atom. The molecule has 2 aromatic heterocycles. The van der Waals surface area contributed by atoms with Crippen LogP contribution in [0.25, 0.3) is 16.9 Å². The minimum absolute atomic E-state index is 0.0512. The van der Waals surface area contributed by atoms with Crippen LogP contribution >= 0.6 is 23.2 Å². The Bertz CT molecular complexity index is 1840. The number of carbonyl (C=O) groups excluding carboxylic acids is 1. The van der Waals surface area contributed by atoms with Gasteiger partial charge in [-0.3, -0.25) is 19.8 Å². The first-order valence-corrected chi connectivity index (χ1v) is 17.2. The second kappa shape index (κ2) is 14.1. The zero-order chi connectivity index (χ0) is 32.1. The van der Waals surface area contributed by atoms with Crippen LogP contribution in [-0.4, -0.2) is 66.4 Å². The lowest BCUT2D eigenvalue weighted by molar-refractivity contribution is 0.0743. The first-order valence-electron chi connectivity index (χ1n) is 13.2. The van der Waals surface area contributed by atoms with Gasteiger partial charge in [-0.25, -0.2) is 9.69 Å². The standard InChI is InChI=1S/C27H25Cl2N5O4S.CH4O3S/c1-18-25(27(35)32-33-14-3-2-4-15-33)31-34(24-12-9-20(28)16-23(24)29)26(18)19-7-10-21(11-8-19)38-39(36,37)22-6-5-13-30-17-22;1-5(2,3)4/h5-13,16-17H,2-4,14-15H2,1H3,(H,32,35);1H3,(H,2,3,4). The maximum atomic E-state index is 13.3. The van der Waals surface area contributed by atoms with Gasteiger partial charge in [0, 0.05) is 41.6 Å². The van der Waals surface area contributed by atoms with Crippen LogP contribution in [0.4, 0.5) is 0 Å². The van der Waals surface area contributed by atoms with Crippen LogP contribution in [0.2, 0.25) is 10.0 Å². The van der Waals surface area contributed by atoms with Crippen LogP contribution in [0, 0.1) is 6.92 Å². The van der Waals surface area contributed by atoms with Gasteiger partial charge in [0.2, 0.25) is 0 Å². The van der Waals surface area contributed by atoms with Gasteiger partial charge < -0.3 is 4.18 Å². The molecule has 4 aromatic rings. The molecule has 5 rings (SSSR count). The predicted octanol–water partition coefficient (Wildman–Crippen LogP) is 4.95. The van der Waals surface area contributed by atoms with Gasteiger partial charge in [-0.15, -0.1) is 0 Å². The number of benzene rings is 2. The molecule has 0 saturated carbocycles. The van der Waals surface area contributed by atoms with E-state index in [1.54, 1.807) is 35.0 Å². The van der Waals surface area contributed by atoms with Crippen molar-refractivity contribution in [3.8, 4) is 22.7 Å². The highest BCUT2D eigenvalue weighted by Gasteiger charge is 2.25. The third kappa shape index (κ3) is 8.77. The number of halogens is 2. The summed E-state index contributed by atoms with van der Waals surface area (Å²) in [4.78, 5) is 17.1. The average molecular weight is 683 g/mol. The van der Waals surface area contributed by atoms with Crippen LogP contribution in [0.5, 0.6) is 5.75 Å². The van der Waals surface area contributed by atoms with Gasteiger partial charge in [0.1, 0.15) is 10.6 Å². The molecule has 44 heavy (non-hydrogen) atoms. The quantitative estimate of drug-likeness (QED) is 0.202. The van der Waals surface area contributed by atoms with Gasteiger partial charge in [0.25, 0.3) is 16.0 Å². The van der Waals surface area contributed by atoms with Gasteiger partial charge in [0.05, 0.1) is 22.7 Å². The maximum Gasteiger partial charge on any atom is 0.340 e. The van der Waals surface area contributed by atoms with Crippen molar-refractivity contribution in [2.24, 2.45) is 0 Å². The molecule has 2 aromatic carbocycles. The first-order chi connectivity index (χ1) is 20.7. The molecule has 1 aliphatic rings. The van der Waals surface area contributed by atoms with Crippen molar-refractivity contribution < 1.29 is 30.4 Å². The largest absolute Gasteiger partial charge is 0.379 e. The average Bonchev–Trinajstić information content (AvgIpc) is 3.30. The summed E-state index contributed by atoms with van der Waals surface area (Å²) in [6.45, 7) is 3.38.